The van der Waals surface area contributed by atoms with Gasteiger partial charge in [0.05, 0.1) is 25.3 Å². The molecule has 2 aromatic carbocycles. The first-order chi connectivity index (χ1) is 18.9. The third-order valence-corrected chi connectivity index (χ3v) is 6.85. The van der Waals surface area contributed by atoms with Crippen LogP contribution in [0.3, 0.4) is 0 Å². The van der Waals surface area contributed by atoms with Gasteiger partial charge in [-0.25, -0.2) is 0 Å². The summed E-state index contributed by atoms with van der Waals surface area (Å²) < 4.78 is 17.0. The van der Waals surface area contributed by atoms with Crippen LogP contribution in [0.4, 0.5) is 0 Å². The van der Waals surface area contributed by atoms with Crippen molar-refractivity contribution in [3.63, 3.8) is 0 Å². The predicted octanol–water partition coefficient (Wildman–Crippen LogP) is 5.20. The lowest BCUT2D eigenvalue weighted by atomic mass is 9.95. The van der Waals surface area contributed by atoms with Crippen LogP contribution < -0.4 is 14.2 Å². The number of benzene rings is 2. The zero-order valence-electron chi connectivity index (χ0n) is 23.4. The van der Waals surface area contributed by atoms with Gasteiger partial charge in [0, 0.05) is 18.7 Å². The second kappa shape index (κ2) is 14.4. The number of hydrogen-bond donors (Lipinski definition) is 1. The zero-order valence-corrected chi connectivity index (χ0v) is 23.4. The monoisotopic (exact) mass is 536 g/mol. The summed E-state index contributed by atoms with van der Waals surface area (Å²) in [5.74, 6) is 0.0634. The Bertz CT molecular complexity index is 1170. The van der Waals surface area contributed by atoms with E-state index in [2.05, 4.69) is 32.3 Å². The van der Waals surface area contributed by atoms with Crippen molar-refractivity contribution in [2.45, 2.75) is 39.7 Å². The van der Waals surface area contributed by atoms with Crippen molar-refractivity contribution in [2.24, 2.45) is 0 Å². The summed E-state index contributed by atoms with van der Waals surface area (Å²) in [5.41, 5.74) is 1.11. The molecule has 1 aliphatic rings. The Morgan fingerprint density at radius 1 is 1.05 bits per heavy atom. The summed E-state index contributed by atoms with van der Waals surface area (Å²) in [4.78, 5) is 30.4. The van der Waals surface area contributed by atoms with Crippen molar-refractivity contribution in [2.75, 3.05) is 46.5 Å². The first kappa shape index (κ1) is 29.8. The molecule has 1 saturated heterocycles. The number of amides is 1. The van der Waals surface area contributed by atoms with Crippen molar-refractivity contribution < 1.29 is 28.9 Å². The smallest absolute Gasteiger partial charge is 0.295 e. The number of methoxy groups -OCH3 is 1. The van der Waals surface area contributed by atoms with E-state index in [1.807, 2.05) is 0 Å². The Morgan fingerprint density at radius 3 is 2.38 bits per heavy atom. The van der Waals surface area contributed by atoms with E-state index in [-0.39, 0.29) is 11.3 Å². The molecule has 1 atom stereocenters. The number of ether oxygens (including phenoxy) is 3. The van der Waals surface area contributed by atoms with Crippen LogP contribution >= 0.6 is 0 Å². The summed E-state index contributed by atoms with van der Waals surface area (Å²) in [6.45, 7) is 13.3. The van der Waals surface area contributed by atoms with Crippen molar-refractivity contribution in [3.8, 4) is 17.2 Å². The van der Waals surface area contributed by atoms with Crippen molar-refractivity contribution in [3.05, 3.63) is 71.8 Å². The van der Waals surface area contributed by atoms with E-state index >= 15 is 0 Å². The molecule has 0 saturated carbocycles. The van der Waals surface area contributed by atoms with Gasteiger partial charge in [0.1, 0.15) is 18.1 Å². The number of hydrogen-bond acceptors (Lipinski definition) is 7. The van der Waals surface area contributed by atoms with Crippen LogP contribution in [-0.4, -0.2) is 73.1 Å². The highest BCUT2D eigenvalue weighted by molar-refractivity contribution is 6.46. The van der Waals surface area contributed by atoms with Crippen molar-refractivity contribution in [1.29, 1.82) is 0 Å². The van der Waals surface area contributed by atoms with Gasteiger partial charge in [-0.3, -0.25) is 9.59 Å². The fourth-order valence-corrected chi connectivity index (χ4v) is 4.57. The minimum Gasteiger partial charge on any atom is -0.507 e. The van der Waals surface area contributed by atoms with Gasteiger partial charge < -0.3 is 29.1 Å². The first-order valence-electron chi connectivity index (χ1n) is 13.6. The number of likely N-dealkylation sites (tertiary alicyclic amines) is 1. The lowest BCUT2D eigenvalue weighted by Gasteiger charge is -2.28. The van der Waals surface area contributed by atoms with Crippen molar-refractivity contribution in [1.82, 2.24) is 9.80 Å². The molecule has 0 bridgehead atoms. The maximum atomic E-state index is 13.4. The number of unbranched alkanes of at least 4 members (excludes halogenated alkanes) is 1. The molecule has 0 aliphatic carbocycles. The Morgan fingerprint density at radius 2 is 1.77 bits per heavy atom. The van der Waals surface area contributed by atoms with E-state index in [9.17, 15) is 14.7 Å². The second-order valence-corrected chi connectivity index (χ2v) is 9.26. The van der Waals surface area contributed by atoms with Crippen LogP contribution in [-0.2, 0) is 9.59 Å². The van der Waals surface area contributed by atoms with Gasteiger partial charge in [0.25, 0.3) is 11.7 Å². The molecular formula is C31H40N2O6. The van der Waals surface area contributed by atoms with Crippen LogP contribution in [0, 0.1) is 0 Å². The van der Waals surface area contributed by atoms with E-state index < -0.39 is 17.7 Å². The normalized spacial score (nSPS) is 16.5. The minimum atomic E-state index is -0.789. The Kier molecular flexibility index (Phi) is 11.0. The Hall–Kier alpha value is -3.78. The molecule has 39 heavy (non-hydrogen) atoms. The van der Waals surface area contributed by atoms with Gasteiger partial charge in [-0.2, -0.15) is 0 Å². The third-order valence-electron chi connectivity index (χ3n) is 6.85. The third kappa shape index (κ3) is 7.00. The van der Waals surface area contributed by atoms with Gasteiger partial charge in [0.2, 0.25) is 0 Å². The number of carbonyl (C=O) groups excluding carboxylic acids is 2. The molecule has 1 fully saturated rings. The highest BCUT2D eigenvalue weighted by atomic mass is 16.5. The van der Waals surface area contributed by atoms with E-state index in [0.29, 0.717) is 54.7 Å². The SMILES string of the molecule is C=CCOc1ccc(C2C(=C(O)c3ccc(OCCCC)cc3)C(=O)C(=O)N2CCN(CC)CC)cc1OC. The number of aliphatic hydroxyl groups excluding tert-OH is 1. The highest BCUT2D eigenvalue weighted by Crippen LogP contribution is 2.42. The molecule has 1 unspecified atom stereocenters. The van der Waals surface area contributed by atoms with Crippen LogP contribution in [0.15, 0.2) is 60.7 Å². The van der Waals surface area contributed by atoms with Crippen LogP contribution in [0.2, 0.25) is 0 Å². The number of nitrogens with zero attached hydrogens (tertiary/aromatic N) is 2. The molecule has 1 heterocycles. The van der Waals surface area contributed by atoms with Crippen LogP contribution in [0.25, 0.3) is 5.76 Å². The topological polar surface area (TPSA) is 88.5 Å². The second-order valence-electron chi connectivity index (χ2n) is 9.26. The quantitative estimate of drug-likeness (QED) is 0.110. The van der Waals surface area contributed by atoms with Crippen molar-refractivity contribution >= 4 is 17.4 Å². The highest BCUT2D eigenvalue weighted by Gasteiger charge is 2.46. The molecule has 2 aromatic rings. The maximum absolute atomic E-state index is 13.4. The molecule has 3 rings (SSSR count). The summed E-state index contributed by atoms with van der Waals surface area (Å²) in [7, 11) is 1.53. The molecule has 8 heteroatoms. The summed E-state index contributed by atoms with van der Waals surface area (Å²) in [6.07, 6.45) is 3.61. The number of Topliss-reactive ketones (excluding diaryl/α,β-unsaturated/α-hetero) is 1. The van der Waals surface area contributed by atoms with E-state index in [1.54, 1.807) is 48.5 Å². The van der Waals surface area contributed by atoms with Crippen LogP contribution in [0.1, 0.15) is 50.8 Å². The minimum absolute atomic E-state index is 0.0426. The summed E-state index contributed by atoms with van der Waals surface area (Å²) >= 11 is 0. The molecule has 0 spiro atoms. The first-order valence-corrected chi connectivity index (χ1v) is 13.6. The standard InChI is InChI=1S/C31H40N2O6/c1-6-10-20-38-24-14-11-22(12-15-24)29(34)27-28(23-13-16-25(39-19-7-2)26(21-23)37-5)33(31(36)30(27)35)18-17-32(8-3)9-4/h7,11-16,21,28,34H,2,6,8-10,17-20H2,1,3-5H3. The molecule has 210 valence electrons. The van der Waals surface area contributed by atoms with Gasteiger partial charge in [0.15, 0.2) is 11.5 Å². The average molecular weight is 537 g/mol. The van der Waals surface area contributed by atoms with Gasteiger partial charge >= 0.3 is 0 Å². The fraction of sp³-hybridized carbons (Fsp3) is 0.419. The summed E-state index contributed by atoms with van der Waals surface area (Å²) in [5, 5.41) is 11.4. The van der Waals surface area contributed by atoms with E-state index in [0.717, 1.165) is 25.9 Å². The maximum Gasteiger partial charge on any atom is 0.295 e. The largest absolute Gasteiger partial charge is 0.507 e. The molecule has 0 aromatic heterocycles. The Balaban J connectivity index is 2.06. The molecule has 8 nitrogen and oxygen atoms in total. The molecule has 1 amide bonds. The van der Waals surface area contributed by atoms with Gasteiger partial charge in [-0.05, 0) is 61.5 Å². The number of aliphatic hydroxyl groups is 1. The molecular weight excluding hydrogens is 496 g/mol. The fourth-order valence-electron chi connectivity index (χ4n) is 4.57. The lowest BCUT2D eigenvalue weighted by Crippen LogP contribution is -2.38. The number of carbonyl (C=O) groups is 2. The van der Waals surface area contributed by atoms with E-state index in [4.69, 9.17) is 14.2 Å². The number of rotatable bonds is 15. The average Bonchev–Trinajstić information content (AvgIpc) is 3.21. The Labute approximate surface area is 231 Å². The van der Waals surface area contributed by atoms with Gasteiger partial charge in [-0.1, -0.05) is 45.9 Å². The summed E-state index contributed by atoms with van der Waals surface area (Å²) in [6, 6.07) is 11.4. The van der Waals surface area contributed by atoms with Crippen LogP contribution in [0.5, 0.6) is 17.2 Å². The van der Waals surface area contributed by atoms with E-state index in [1.165, 1.54) is 12.0 Å². The molecule has 1 N–H and O–H groups in total. The van der Waals surface area contributed by atoms with Gasteiger partial charge in [-0.15, -0.1) is 0 Å². The lowest BCUT2D eigenvalue weighted by molar-refractivity contribution is -0.140. The molecule has 1 aliphatic heterocycles. The molecule has 0 radical (unpaired) electrons. The number of likely N-dealkylation sites (N-methyl/N-ethyl adjacent to an activating group) is 1. The number of ketones is 1. The predicted molar refractivity (Wildman–Crippen MR) is 152 cm³/mol. The zero-order chi connectivity index (χ0) is 28.4.